The fourth-order valence-electron chi connectivity index (χ4n) is 1.58. The molecule has 18 heavy (non-hydrogen) atoms. The summed E-state index contributed by atoms with van der Waals surface area (Å²) < 4.78 is 25.7. The Labute approximate surface area is 122 Å². The number of halogens is 4. The minimum Gasteiger partial charge on any atom is -0.332 e. The number of carbonyl (C=O) groups is 1. The number of aryl methyl sites for hydroxylation is 1. The molecule has 6 heteroatoms. The van der Waals surface area contributed by atoms with Crippen molar-refractivity contribution >= 4 is 37.8 Å². The van der Waals surface area contributed by atoms with Crippen molar-refractivity contribution in [2.45, 2.75) is 13.3 Å². The van der Waals surface area contributed by atoms with Gasteiger partial charge in [0.05, 0.1) is 6.54 Å². The molecule has 0 N–H and O–H groups in total. The molecule has 0 saturated heterocycles. The van der Waals surface area contributed by atoms with Crippen LogP contribution in [0.1, 0.15) is 15.9 Å². The van der Waals surface area contributed by atoms with Crippen LogP contribution in [0.15, 0.2) is 22.7 Å². The van der Waals surface area contributed by atoms with Gasteiger partial charge in [-0.25, -0.2) is 8.78 Å². The maximum Gasteiger partial charge on any atom is 0.255 e. The molecule has 0 radical (unpaired) electrons. The summed E-state index contributed by atoms with van der Waals surface area (Å²) in [5, 5.41) is 0.473. The van der Waals surface area contributed by atoms with E-state index in [1.54, 1.807) is 25.1 Å². The number of amides is 1. The molecule has 0 atom stereocenters. The van der Waals surface area contributed by atoms with Gasteiger partial charge in [0.25, 0.3) is 12.3 Å². The maximum absolute atomic E-state index is 12.4. The maximum atomic E-state index is 12.4. The largest absolute Gasteiger partial charge is 0.332 e. The zero-order valence-electron chi connectivity index (χ0n) is 9.80. The van der Waals surface area contributed by atoms with Gasteiger partial charge < -0.3 is 4.90 Å². The Morgan fingerprint density at radius 2 is 2.11 bits per heavy atom. The summed E-state index contributed by atoms with van der Waals surface area (Å²) in [5.74, 6) is -0.361. The molecule has 0 bridgehead atoms. The van der Waals surface area contributed by atoms with Crippen LogP contribution in [-0.2, 0) is 0 Å². The Bertz CT molecular complexity index is 427. The lowest BCUT2D eigenvalue weighted by molar-refractivity contribution is 0.0572. The van der Waals surface area contributed by atoms with E-state index in [2.05, 4.69) is 31.9 Å². The lowest BCUT2D eigenvalue weighted by atomic mass is 10.1. The molecule has 100 valence electrons. The predicted molar refractivity (Wildman–Crippen MR) is 74.6 cm³/mol. The predicted octanol–water partition coefficient (Wildman–Crippen LogP) is 3.86. The van der Waals surface area contributed by atoms with Gasteiger partial charge in [-0.1, -0.05) is 31.9 Å². The zero-order valence-corrected chi connectivity index (χ0v) is 13.0. The molecule has 0 spiro atoms. The van der Waals surface area contributed by atoms with E-state index in [-0.39, 0.29) is 12.5 Å². The summed E-state index contributed by atoms with van der Waals surface area (Å²) in [5.41, 5.74) is 1.23. The van der Waals surface area contributed by atoms with Crippen molar-refractivity contribution in [3.05, 3.63) is 33.8 Å². The Hall–Kier alpha value is -0.490. The molecule has 0 aliphatic rings. The highest BCUT2D eigenvalue weighted by atomic mass is 79.9. The van der Waals surface area contributed by atoms with Crippen molar-refractivity contribution in [1.29, 1.82) is 0 Å². The van der Waals surface area contributed by atoms with Crippen LogP contribution in [0.4, 0.5) is 8.78 Å². The molecule has 2 nitrogen and oxygen atoms in total. The van der Waals surface area contributed by atoms with Crippen LogP contribution < -0.4 is 0 Å². The van der Waals surface area contributed by atoms with E-state index < -0.39 is 13.0 Å². The second kappa shape index (κ2) is 7.19. The van der Waals surface area contributed by atoms with Gasteiger partial charge in [0.15, 0.2) is 0 Å². The van der Waals surface area contributed by atoms with Crippen molar-refractivity contribution in [2.24, 2.45) is 0 Å². The van der Waals surface area contributed by atoms with Crippen LogP contribution in [0.5, 0.6) is 0 Å². The van der Waals surface area contributed by atoms with E-state index in [1.807, 2.05) is 0 Å². The van der Waals surface area contributed by atoms with Gasteiger partial charge in [-0.05, 0) is 30.7 Å². The van der Waals surface area contributed by atoms with Crippen molar-refractivity contribution in [3.8, 4) is 0 Å². The van der Waals surface area contributed by atoms with E-state index in [1.165, 1.54) is 0 Å². The number of hydrogen-bond acceptors (Lipinski definition) is 1. The number of benzene rings is 1. The van der Waals surface area contributed by atoms with Crippen LogP contribution in [-0.4, -0.2) is 35.7 Å². The average molecular weight is 385 g/mol. The second-order valence-corrected chi connectivity index (χ2v) is 5.50. The van der Waals surface area contributed by atoms with Gasteiger partial charge in [0, 0.05) is 21.9 Å². The first-order chi connectivity index (χ1) is 8.45. The molecule has 1 amide bonds. The first-order valence-electron chi connectivity index (χ1n) is 5.35. The lowest BCUT2D eigenvalue weighted by Gasteiger charge is -2.22. The van der Waals surface area contributed by atoms with Gasteiger partial charge in [-0.3, -0.25) is 4.79 Å². The average Bonchev–Trinajstić information content (AvgIpc) is 2.27. The first kappa shape index (κ1) is 15.6. The highest BCUT2D eigenvalue weighted by molar-refractivity contribution is 9.10. The third-order valence-corrected chi connectivity index (χ3v) is 3.27. The second-order valence-electron chi connectivity index (χ2n) is 3.79. The summed E-state index contributed by atoms with van der Waals surface area (Å²) in [6, 6.07) is 5.17. The molecule has 0 saturated carbocycles. The fourth-order valence-corrected chi connectivity index (χ4v) is 2.49. The molecule has 1 rings (SSSR count). The van der Waals surface area contributed by atoms with Crippen LogP contribution in [0, 0.1) is 6.92 Å². The quantitative estimate of drug-likeness (QED) is 0.706. The zero-order chi connectivity index (χ0) is 13.7. The van der Waals surface area contributed by atoms with Gasteiger partial charge >= 0.3 is 0 Å². The van der Waals surface area contributed by atoms with Gasteiger partial charge in [0.1, 0.15) is 0 Å². The number of nitrogens with zero attached hydrogens (tertiary/aromatic N) is 1. The van der Waals surface area contributed by atoms with Crippen molar-refractivity contribution in [3.63, 3.8) is 0 Å². The summed E-state index contributed by atoms with van der Waals surface area (Å²) in [7, 11) is 0. The highest BCUT2D eigenvalue weighted by Gasteiger charge is 2.20. The van der Waals surface area contributed by atoms with Gasteiger partial charge in [-0.2, -0.15) is 0 Å². The van der Waals surface area contributed by atoms with E-state index in [4.69, 9.17) is 0 Å². The first-order valence-corrected chi connectivity index (χ1v) is 7.26. The Morgan fingerprint density at radius 3 is 2.61 bits per heavy atom. The number of carbonyl (C=O) groups excluding carboxylic acids is 1. The number of alkyl halides is 3. The minimum absolute atomic E-state index is 0.263. The van der Waals surface area contributed by atoms with Gasteiger partial charge in [-0.15, -0.1) is 0 Å². The van der Waals surface area contributed by atoms with Gasteiger partial charge in [0.2, 0.25) is 0 Å². The molecule has 0 aliphatic carbocycles. The molecule has 0 aromatic heterocycles. The van der Waals surface area contributed by atoms with Crippen LogP contribution >= 0.6 is 31.9 Å². The monoisotopic (exact) mass is 383 g/mol. The van der Waals surface area contributed by atoms with Crippen LogP contribution in [0.25, 0.3) is 0 Å². The smallest absolute Gasteiger partial charge is 0.255 e. The van der Waals surface area contributed by atoms with Crippen molar-refractivity contribution in [1.82, 2.24) is 4.90 Å². The molecule has 0 unspecified atom stereocenters. The standard InChI is InChI=1S/C12H13Br2F2NO/c1-8-6-9(14)2-3-10(8)12(18)17(5-4-13)7-11(15)16/h2-3,6,11H,4-5,7H2,1H3. The van der Waals surface area contributed by atoms with Crippen LogP contribution in [0.2, 0.25) is 0 Å². The fraction of sp³-hybridized carbons (Fsp3) is 0.417. The lowest BCUT2D eigenvalue weighted by Crippen LogP contribution is -2.36. The Balaban J connectivity index is 2.94. The normalized spacial score (nSPS) is 10.8. The summed E-state index contributed by atoms with van der Waals surface area (Å²) in [4.78, 5) is 13.3. The Kier molecular flexibility index (Phi) is 6.21. The molecular weight excluding hydrogens is 372 g/mol. The molecule has 0 heterocycles. The minimum atomic E-state index is -2.52. The van der Waals surface area contributed by atoms with Crippen molar-refractivity contribution in [2.75, 3.05) is 18.4 Å². The highest BCUT2D eigenvalue weighted by Crippen LogP contribution is 2.18. The van der Waals surface area contributed by atoms with E-state index in [9.17, 15) is 13.6 Å². The van der Waals surface area contributed by atoms with E-state index in [0.717, 1.165) is 14.9 Å². The van der Waals surface area contributed by atoms with E-state index in [0.29, 0.717) is 10.9 Å². The molecule has 0 aliphatic heterocycles. The molecular formula is C12H13Br2F2NO. The number of hydrogen-bond donors (Lipinski definition) is 0. The molecule has 1 aromatic carbocycles. The summed E-state index contributed by atoms with van der Waals surface area (Å²) in [6.45, 7) is 1.51. The van der Waals surface area contributed by atoms with E-state index >= 15 is 0 Å². The SMILES string of the molecule is Cc1cc(Br)ccc1C(=O)N(CCBr)CC(F)F. The molecule has 1 aromatic rings. The third-order valence-electron chi connectivity index (χ3n) is 2.42. The van der Waals surface area contributed by atoms with Crippen molar-refractivity contribution < 1.29 is 13.6 Å². The summed E-state index contributed by atoms with van der Waals surface area (Å²) >= 11 is 6.47. The molecule has 0 fully saturated rings. The third kappa shape index (κ3) is 4.31. The number of rotatable bonds is 5. The van der Waals surface area contributed by atoms with Crippen LogP contribution in [0.3, 0.4) is 0 Å². The summed E-state index contributed by atoms with van der Waals surface area (Å²) in [6.07, 6.45) is -2.52. The Morgan fingerprint density at radius 1 is 1.44 bits per heavy atom. The topological polar surface area (TPSA) is 20.3 Å².